The minimum Gasteiger partial charge on any atom is -0.497 e. The summed E-state index contributed by atoms with van der Waals surface area (Å²) in [5.74, 6) is 2.19. The van der Waals surface area contributed by atoms with Crippen molar-refractivity contribution >= 4 is 0 Å². The van der Waals surface area contributed by atoms with E-state index in [1.165, 1.54) is 24.0 Å². The van der Waals surface area contributed by atoms with Gasteiger partial charge in [-0.15, -0.1) is 0 Å². The quantitative estimate of drug-likeness (QED) is 0.460. The molecule has 0 N–H and O–H groups in total. The maximum atomic E-state index is 6.02. The van der Waals surface area contributed by atoms with E-state index < -0.39 is 0 Å². The molecule has 30 heavy (non-hydrogen) atoms. The Hall–Kier alpha value is -1.84. The van der Waals surface area contributed by atoms with Gasteiger partial charge in [0.2, 0.25) is 0 Å². The van der Waals surface area contributed by atoms with Crippen molar-refractivity contribution in [3.8, 4) is 5.75 Å². The fourth-order valence-corrected chi connectivity index (χ4v) is 4.89. The molecule has 1 aliphatic rings. The van der Waals surface area contributed by atoms with Gasteiger partial charge in [-0.05, 0) is 87.7 Å². The molecule has 164 valence electrons. The van der Waals surface area contributed by atoms with Crippen LogP contribution in [0.1, 0.15) is 63.5 Å². The van der Waals surface area contributed by atoms with Gasteiger partial charge in [-0.1, -0.05) is 49.4 Å². The highest BCUT2D eigenvalue weighted by atomic mass is 16.5. The lowest BCUT2D eigenvalue weighted by Crippen LogP contribution is -2.37. The Labute approximate surface area is 183 Å². The van der Waals surface area contributed by atoms with Crippen LogP contribution in [0.3, 0.4) is 0 Å². The summed E-state index contributed by atoms with van der Waals surface area (Å²) < 4.78 is 11.3. The van der Waals surface area contributed by atoms with Crippen molar-refractivity contribution in [2.45, 2.75) is 64.5 Å². The summed E-state index contributed by atoms with van der Waals surface area (Å²) >= 11 is 0. The van der Waals surface area contributed by atoms with Crippen LogP contribution >= 0.6 is 0 Å². The van der Waals surface area contributed by atoms with Gasteiger partial charge in [-0.3, -0.25) is 4.90 Å². The van der Waals surface area contributed by atoms with E-state index in [1.807, 2.05) is 0 Å². The number of nitrogens with zero attached hydrogens (tertiary/aromatic N) is 1. The molecule has 0 aromatic heterocycles. The molecule has 1 saturated heterocycles. The van der Waals surface area contributed by atoms with Crippen LogP contribution in [-0.4, -0.2) is 37.3 Å². The van der Waals surface area contributed by atoms with Gasteiger partial charge in [-0.25, -0.2) is 0 Å². The maximum Gasteiger partial charge on any atom is 0.118 e. The van der Waals surface area contributed by atoms with Crippen molar-refractivity contribution < 1.29 is 9.47 Å². The highest BCUT2D eigenvalue weighted by Crippen LogP contribution is 2.40. The molecule has 0 saturated carbocycles. The lowest BCUT2D eigenvalue weighted by molar-refractivity contribution is -0.0775. The molecule has 1 aliphatic heterocycles. The average molecular weight is 410 g/mol. The Balaban J connectivity index is 1.70. The van der Waals surface area contributed by atoms with Gasteiger partial charge in [0.15, 0.2) is 0 Å². The second-order valence-corrected chi connectivity index (χ2v) is 9.29. The average Bonchev–Trinajstić information content (AvgIpc) is 2.74. The largest absolute Gasteiger partial charge is 0.497 e. The SMILES string of the molecule is CCCN(CC[C@@H](c1ccccc1)[C@@H]1CCOC(C)(C)C1)Cc1ccc(OC)cc1. The summed E-state index contributed by atoms with van der Waals surface area (Å²) in [4.78, 5) is 2.61. The fourth-order valence-electron chi connectivity index (χ4n) is 4.89. The maximum absolute atomic E-state index is 6.02. The molecular weight excluding hydrogens is 370 g/mol. The van der Waals surface area contributed by atoms with Crippen LogP contribution in [0, 0.1) is 5.92 Å². The van der Waals surface area contributed by atoms with E-state index in [0.29, 0.717) is 11.8 Å². The normalized spacial score (nSPS) is 19.6. The molecule has 3 heteroatoms. The first kappa shape index (κ1) is 22.8. The van der Waals surface area contributed by atoms with E-state index in [4.69, 9.17) is 9.47 Å². The van der Waals surface area contributed by atoms with Crippen molar-refractivity contribution in [1.29, 1.82) is 0 Å². The molecule has 0 spiro atoms. The molecule has 2 atom stereocenters. The fraction of sp³-hybridized carbons (Fsp3) is 0.556. The molecule has 1 heterocycles. The summed E-state index contributed by atoms with van der Waals surface area (Å²) in [7, 11) is 1.72. The molecule has 1 fully saturated rings. The third-order valence-electron chi connectivity index (χ3n) is 6.39. The zero-order valence-electron chi connectivity index (χ0n) is 19.3. The van der Waals surface area contributed by atoms with E-state index in [9.17, 15) is 0 Å². The van der Waals surface area contributed by atoms with Gasteiger partial charge in [0.25, 0.3) is 0 Å². The number of rotatable bonds is 10. The molecule has 3 rings (SSSR count). The van der Waals surface area contributed by atoms with Crippen molar-refractivity contribution in [3.05, 3.63) is 65.7 Å². The smallest absolute Gasteiger partial charge is 0.118 e. The summed E-state index contributed by atoms with van der Waals surface area (Å²) in [6.45, 7) is 10.9. The van der Waals surface area contributed by atoms with Crippen molar-refractivity contribution in [1.82, 2.24) is 4.90 Å². The molecule has 2 aromatic rings. The standard InChI is InChI=1S/C27H39NO2/c1-5-17-28(21-22-11-13-25(29-4)14-12-22)18-15-26(23-9-7-6-8-10-23)24-16-19-30-27(2,3)20-24/h6-14,24,26H,5,15-21H2,1-4H3/t24-,26+/m1/s1. The van der Waals surface area contributed by atoms with E-state index in [0.717, 1.165) is 44.8 Å². The Bertz CT molecular complexity index is 741. The predicted octanol–water partition coefficient (Wildman–Crippen LogP) is 6.29. The zero-order valence-corrected chi connectivity index (χ0v) is 19.3. The molecule has 2 aromatic carbocycles. The van der Waals surface area contributed by atoms with Gasteiger partial charge in [0, 0.05) is 13.2 Å². The molecule has 0 bridgehead atoms. The number of ether oxygens (including phenoxy) is 2. The first-order valence-corrected chi connectivity index (χ1v) is 11.5. The topological polar surface area (TPSA) is 21.7 Å². The third kappa shape index (κ3) is 6.58. The Kier molecular flexibility index (Phi) is 8.35. The first-order valence-electron chi connectivity index (χ1n) is 11.5. The summed E-state index contributed by atoms with van der Waals surface area (Å²) in [5.41, 5.74) is 2.83. The van der Waals surface area contributed by atoms with Gasteiger partial charge < -0.3 is 9.47 Å². The molecule has 0 unspecified atom stereocenters. The van der Waals surface area contributed by atoms with Crippen molar-refractivity contribution in [2.24, 2.45) is 5.92 Å². The van der Waals surface area contributed by atoms with Crippen LogP contribution in [0.5, 0.6) is 5.75 Å². The summed E-state index contributed by atoms with van der Waals surface area (Å²) in [6.07, 6.45) is 4.67. The van der Waals surface area contributed by atoms with Crippen LogP contribution in [-0.2, 0) is 11.3 Å². The van der Waals surface area contributed by atoms with Crippen molar-refractivity contribution in [3.63, 3.8) is 0 Å². The van der Waals surface area contributed by atoms with Gasteiger partial charge >= 0.3 is 0 Å². The molecule has 3 nitrogen and oxygen atoms in total. The second kappa shape index (κ2) is 11.0. The van der Waals surface area contributed by atoms with Crippen LogP contribution in [0.25, 0.3) is 0 Å². The highest BCUT2D eigenvalue weighted by molar-refractivity contribution is 5.27. The monoisotopic (exact) mass is 409 g/mol. The minimum absolute atomic E-state index is 0.0118. The van der Waals surface area contributed by atoms with Crippen LogP contribution in [0.15, 0.2) is 54.6 Å². The number of hydrogen-bond acceptors (Lipinski definition) is 3. The molecule has 0 amide bonds. The highest BCUT2D eigenvalue weighted by Gasteiger charge is 2.34. The van der Waals surface area contributed by atoms with Crippen molar-refractivity contribution in [2.75, 3.05) is 26.8 Å². The number of methoxy groups -OCH3 is 1. The van der Waals surface area contributed by atoms with Gasteiger partial charge in [-0.2, -0.15) is 0 Å². The van der Waals surface area contributed by atoms with E-state index >= 15 is 0 Å². The minimum atomic E-state index is -0.0118. The molecule has 0 aliphatic carbocycles. The summed E-state index contributed by atoms with van der Waals surface area (Å²) in [5, 5.41) is 0. The van der Waals surface area contributed by atoms with Crippen LogP contribution in [0.4, 0.5) is 0 Å². The summed E-state index contributed by atoms with van der Waals surface area (Å²) in [6, 6.07) is 19.7. The molecule has 0 radical (unpaired) electrons. The zero-order chi connectivity index (χ0) is 21.4. The number of hydrogen-bond donors (Lipinski definition) is 0. The van der Waals surface area contributed by atoms with E-state index in [-0.39, 0.29) is 5.60 Å². The second-order valence-electron chi connectivity index (χ2n) is 9.29. The predicted molar refractivity (Wildman–Crippen MR) is 125 cm³/mol. The Morgan fingerprint density at radius 2 is 1.80 bits per heavy atom. The number of benzene rings is 2. The Morgan fingerprint density at radius 1 is 1.07 bits per heavy atom. The third-order valence-corrected chi connectivity index (χ3v) is 6.39. The van der Waals surface area contributed by atoms with Crippen LogP contribution < -0.4 is 4.74 Å². The lowest BCUT2D eigenvalue weighted by atomic mass is 9.75. The lowest BCUT2D eigenvalue weighted by Gasteiger charge is -2.40. The van der Waals surface area contributed by atoms with Gasteiger partial charge in [0.05, 0.1) is 12.7 Å². The van der Waals surface area contributed by atoms with Crippen LogP contribution in [0.2, 0.25) is 0 Å². The Morgan fingerprint density at radius 3 is 2.43 bits per heavy atom. The van der Waals surface area contributed by atoms with Gasteiger partial charge in [0.1, 0.15) is 5.75 Å². The first-order chi connectivity index (χ1) is 14.5. The van der Waals surface area contributed by atoms with E-state index in [2.05, 4.69) is 80.3 Å². The van der Waals surface area contributed by atoms with E-state index in [1.54, 1.807) is 7.11 Å². The molecular formula is C27H39NO2.